The first-order valence-electron chi connectivity index (χ1n) is 7.96. The quantitative estimate of drug-likeness (QED) is 0.920. The Labute approximate surface area is 120 Å². The summed E-state index contributed by atoms with van der Waals surface area (Å²) in [7, 11) is 1.84. The maximum atomic E-state index is 5.64. The summed E-state index contributed by atoms with van der Waals surface area (Å²) >= 11 is 0. The molecule has 4 nitrogen and oxygen atoms in total. The van der Waals surface area contributed by atoms with E-state index in [-0.39, 0.29) is 5.41 Å². The van der Waals surface area contributed by atoms with Crippen LogP contribution in [0.2, 0.25) is 0 Å². The standard InChI is InChI=1S/C16H25N3O/c1-16(2)13(8-14(16)20-3)19-12-6-7-17-9-11(12)18-15(19)10-4-5-10/h10,13-14,17H,4-9H2,1-3H3. The molecule has 0 bridgehead atoms. The van der Waals surface area contributed by atoms with Crippen molar-refractivity contribution in [3.8, 4) is 0 Å². The summed E-state index contributed by atoms with van der Waals surface area (Å²) in [5.41, 5.74) is 3.02. The zero-order valence-corrected chi connectivity index (χ0v) is 12.8. The third kappa shape index (κ3) is 1.70. The molecule has 2 unspecified atom stereocenters. The summed E-state index contributed by atoms with van der Waals surface area (Å²) in [6.07, 6.45) is 5.30. The third-order valence-corrected chi connectivity index (χ3v) is 5.62. The van der Waals surface area contributed by atoms with Gasteiger partial charge < -0.3 is 14.6 Å². The molecule has 1 aliphatic heterocycles. The van der Waals surface area contributed by atoms with Gasteiger partial charge >= 0.3 is 0 Å². The number of nitrogens with one attached hydrogen (secondary N) is 1. The maximum Gasteiger partial charge on any atom is 0.112 e. The number of aromatic nitrogens is 2. The fraction of sp³-hybridized carbons (Fsp3) is 0.812. The van der Waals surface area contributed by atoms with Gasteiger partial charge in [-0.2, -0.15) is 0 Å². The fourth-order valence-corrected chi connectivity index (χ4v) is 4.03. The Kier molecular flexibility index (Phi) is 2.77. The van der Waals surface area contributed by atoms with Crippen LogP contribution in [0.5, 0.6) is 0 Å². The van der Waals surface area contributed by atoms with Crippen molar-refractivity contribution >= 4 is 0 Å². The predicted molar refractivity (Wildman–Crippen MR) is 77.8 cm³/mol. The lowest BCUT2D eigenvalue weighted by Gasteiger charge is -2.52. The zero-order valence-electron chi connectivity index (χ0n) is 12.8. The van der Waals surface area contributed by atoms with Crippen molar-refractivity contribution in [2.45, 2.75) is 64.1 Å². The molecule has 1 aromatic heterocycles. The fourth-order valence-electron chi connectivity index (χ4n) is 4.03. The lowest BCUT2D eigenvalue weighted by atomic mass is 9.64. The number of imidazole rings is 1. The Bertz CT molecular complexity index is 530. The first kappa shape index (κ1) is 12.8. The predicted octanol–water partition coefficient (Wildman–Crippen LogP) is 2.39. The smallest absolute Gasteiger partial charge is 0.112 e. The van der Waals surface area contributed by atoms with Crippen LogP contribution in [0.25, 0.3) is 0 Å². The molecule has 4 rings (SSSR count). The second-order valence-electron chi connectivity index (χ2n) is 7.23. The van der Waals surface area contributed by atoms with Gasteiger partial charge in [0, 0.05) is 49.7 Å². The highest BCUT2D eigenvalue weighted by atomic mass is 16.5. The normalized spacial score (nSPS) is 31.8. The number of nitrogens with zero attached hydrogens (tertiary/aromatic N) is 2. The van der Waals surface area contributed by atoms with E-state index in [1.54, 1.807) is 0 Å². The van der Waals surface area contributed by atoms with Gasteiger partial charge in [0.15, 0.2) is 0 Å². The highest BCUT2D eigenvalue weighted by Crippen LogP contribution is 2.54. The summed E-state index contributed by atoms with van der Waals surface area (Å²) in [6.45, 7) is 6.73. The largest absolute Gasteiger partial charge is 0.381 e. The summed E-state index contributed by atoms with van der Waals surface area (Å²) in [5.74, 6) is 2.09. The van der Waals surface area contributed by atoms with Crippen LogP contribution in [-0.4, -0.2) is 29.3 Å². The molecule has 0 aromatic carbocycles. The summed E-state index contributed by atoms with van der Waals surface area (Å²) < 4.78 is 8.26. The molecule has 2 atom stereocenters. The molecular weight excluding hydrogens is 250 g/mol. The van der Waals surface area contributed by atoms with Gasteiger partial charge in [-0.1, -0.05) is 13.8 Å². The molecule has 2 saturated carbocycles. The van der Waals surface area contributed by atoms with Gasteiger partial charge in [0.1, 0.15) is 5.82 Å². The van der Waals surface area contributed by atoms with Crippen LogP contribution < -0.4 is 5.32 Å². The van der Waals surface area contributed by atoms with E-state index in [9.17, 15) is 0 Å². The first-order valence-corrected chi connectivity index (χ1v) is 7.96. The Morgan fingerprint density at radius 1 is 1.35 bits per heavy atom. The molecule has 4 heteroatoms. The minimum atomic E-state index is 0.220. The molecular formula is C16H25N3O. The molecule has 2 heterocycles. The van der Waals surface area contributed by atoms with E-state index in [2.05, 4.69) is 23.7 Å². The van der Waals surface area contributed by atoms with Crippen molar-refractivity contribution in [2.24, 2.45) is 5.41 Å². The Balaban J connectivity index is 1.75. The van der Waals surface area contributed by atoms with Gasteiger partial charge in [-0.25, -0.2) is 4.98 Å². The Morgan fingerprint density at radius 3 is 2.80 bits per heavy atom. The molecule has 110 valence electrons. The van der Waals surface area contributed by atoms with Gasteiger partial charge in [-0.3, -0.25) is 0 Å². The van der Waals surface area contributed by atoms with Gasteiger partial charge in [-0.05, 0) is 19.3 Å². The van der Waals surface area contributed by atoms with Gasteiger partial charge in [0.25, 0.3) is 0 Å². The zero-order chi connectivity index (χ0) is 13.9. The lowest BCUT2D eigenvalue weighted by Crippen LogP contribution is -2.51. The average molecular weight is 275 g/mol. The number of hydrogen-bond donors (Lipinski definition) is 1. The molecule has 0 radical (unpaired) electrons. The van der Waals surface area contributed by atoms with Crippen LogP contribution in [0.4, 0.5) is 0 Å². The minimum Gasteiger partial charge on any atom is -0.381 e. The molecule has 3 aliphatic rings. The topological polar surface area (TPSA) is 39.1 Å². The van der Waals surface area contributed by atoms with Crippen LogP contribution in [-0.2, 0) is 17.7 Å². The molecule has 0 amide bonds. The number of ether oxygens (including phenoxy) is 1. The number of fused-ring (bicyclic) bond motifs is 1. The molecule has 0 saturated heterocycles. The summed E-state index contributed by atoms with van der Waals surface area (Å²) in [4.78, 5) is 4.99. The van der Waals surface area contributed by atoms with Crippen molar-refractivity contribution in [1.29, 1.82) is 0 Å². The number of methoxy groups -OCH3 is 1. The summed E-state index contributed by atoms with van der Waals surface area (Å²) in [6, 6.07) is 0.567. The highest BCUT2D eigenvalue weighted by molar-refractivity contribution is 5.27. The average Bonchev–Trinajstić information content (AvgIpc) is 3.21. The van der Waals surface area contributed by atoms with E-state index in [1.807, 2.05) is 7.11 Å². The van der Waals surface area contributed by atoms with E-state index in [1.165, 1.54) is 30.1 Å². The van der Waals surface area contributed by atoms with Crippen molar-refractivity contribution in [3.63, 3.8) is 0 Å². The van der Waals surface area contributed by atoms with E-state index in [0.29, 0.717) is 12.1 Å². The lowest BCUT2D eigenvalue weighted by molar-refractivity contribution is -0.114. The van der Waals surface area contributed by atoms with Gasteiger partial charge in [0.2, 0.25) is 0 Å². The molecule has 1 aromatic rings. The van der Waals surface area contributed by atoms with Crippen LogP contribution in [0, 0.1) is 5.41 Å². The molecule has 0 spiro atoms. The maximum absolute atomic E-state index is 5.64. The Hall–Kier alpha value is -0.870. The van der Waals surface area contributed by atoms with Crippen LogP contribution in [0.15, 0.2) is 0 Å². The van der Waals surface area contributed by atoms with Crippen molar-refractivity contribution < 1.29 is 4.74 Å². The molecule has 2 aliphatic carbocycles. The third-order valence-electron chi connectivity index (χ3n) is 5.62. The molecule has 20 heavy (non-hydrogen) atoms. The second-order valence-corrected chi connectivity index (χ2v) is 7.23. The van der Waals surface area contributed by atoms with E-state index in [0.717, 1.165) is 31.8 Å². The number of hydrogen-bond acceptors (Lipinski definition) is 3. The minimum absolute atomic E-state index is 0.220. The van der Waals surface area contributed by atoms with Gasteiger partial charge in [-0.15, -0.1) is 0 Å². The van der Waals surface area contributed by atoms with Crippen LogP contribution >= 0.6 is 0 Å². The Morgan fingerprint density at radius 2 is 2.15 bits per heavy atom. The van der Waals surface area contributed by atoms with Crippen LogP contribution in [0.3, 0.4) is 0 Å². The molecule has 2 fully saturated rings. The summed E-state index contributed by atoms with van der Waals surface area (Å²) in [5, 5.41) is 3.46. The van der Waals surface area contributed by atoms with E-state index < -0.39 is 0 Å². The molecule has 1 N–H and O–H groups in total. The van der Waals surface area contributed by atoms with Crippen molar-refractivity contribution in [2.75, 3.05) is 13.7 Å². The SMILES string of the molecule is COC1CC(n2c(C3CC3)nc3c2CCNC3)C1(C)C. The van der Waals surface area contributed by atoms with Gasteiger partial charge in [0.05, 0.1) is 11.8 Å². The van der Waals surface area contributed by atoms with Crippen molar-refractivity contribution in [1.82, 2.24) is 14.9 Å². The van der Waals surface area contributed by atoms with E-state index in [4.69, 9.17) is 9.72 Å². The van der Waals surface area contributed by atoms with Crippen LogP contribution in [0.1, 0.15) is 62.3 Å². The monoisotopic (exact) mass is 275 g/mol. The second kappa shape index (κ2) is 4.31. The highest BCUT2D eigenvalue weighted by Gasteiger charge is 2.51. The van der Waals surface area contributed by atoms with E-state index >= 15 is 0 Å². The number of rotatable bonds is 3. The first-order chi connectivity index (χ1) is 9.63. The van der Waals surface area contributed by atoms with Crippen molar-refractivity contribution in [3.05, 3.63) is 17.2 Å².